The van der Waals surface area contributed by atoms with E-state index in [1.54, 1.807) is 0 Å². The molecule has 0 spiro atoms. The molecule has 1 amide bonds. The first-order chi connectivity index (χ1) is 9.11. The second-order valence-electron chi connectivity index (χ2n) is 4.97. The van der Waals surface area contributed by atoms with Crippen LogP contribution in [0.2, 0.25) is 0 Å². The molecule has 0 unspecified atom stereocenters. The summed E-state index contributed by atoms with van der Waals surface area (Å²) in [6.07, 6.45) is 1.39. The van der Waals surface area contributed by atoms with E-state index in [0.29, 0.717) is 19.0 Å². The topological polar surface area (TPSA) is 61.4 Å². The molecule has 4 nitrogen and oxygen atoms in total. The van der Waals surface area contributed by atoms with Crippen LogP contribution in [0.15, 0.2) is 24.3 Å². The minimum atomic E-state index is 0.0304. The van der Waals surface area contributed by atoms with E-state index in [-0.39, 0.29) is 12.5 Å². The number of amides is 1. The molecule has 0 heterocycles. The first-order valence-electron chi connectivity index (χ1n) is 6.80. The van der Waals surface area contributed by atoms with Crippen LogP contribution < -0.4 is 10.6 Å². The van der Waals surface area contributed by atoms with E-state index < -0.39 is 0 Å². The van der Waals surface area contributed by atoms with Gasteiger partial charge in [-0.15, -0.1) is 0 Å². The SMILES string of the molecule is CC(C)NCCCC(=O)NCc1cccc(CO)c1. The van der Waals surface area contributed by atoms with E-state index in [2.05, 4.69) is 24.5 Å². The molecule has 106 valence electrons. The van der Waals surface area contributed by atoms with Crippen molar-refractivity contribution >= 4 is 5.91 Å². The van der Waals surface area contributed by atoms with Gasteiger partial charge in [0.2, 0.25) is 5.91 Å². The van der Waals surface area contributed by atoms with Crippen molar-refractivity contribution in [3.05, 3.63) is 35.4 Å². The van der Waals surface area contributed by atoms with Crippen LogP contribution in [0.3, 0.4) is 0 Å². The van der Waals surface area contributed by atoms with E-state index in [9.17, 15) is 4.79 Å². The van der Waals surface area contributed by atoms with Crippen molar-refractivity contribution in [2.45, 2.75) is 45.9 Å². The van der Waals surface area contributed by atoms with Gasteiger partial charge in [-0.2, -0.15) is 0 Å². The zero-order chi connectivity index (χ0) is 14.1. The normalized spacial score (nSPS) is 10.7. The minimum absolute atomic E-state index is 0.0304. The Kier molecular flexibility index (Phi) is 7.15. The van der Waals surface area contributed by atoms with Crippen molar-refractivity contribution < 1.29 is 9.90 Å². The predicted molar refractivity (Wildman–Crippen MR) is 76.6 cm³/mol. The summed E-state index contributed by atoms with van der Waals surface area (Å²) in [6, 6.07) is 8.06. The number of nitrogens with one attached hydrogen (secondary N) is 2. The zero-order valence-electron chi connectivity index (χ0n) is 11.8. The van der Waals surface area contributed by atoms with Crippen molar-refractivity contribution in [1.29, 1.82) is 0 Å². The molecule has 0 aliphatic carbocycles. The van der Waals surface area contributed by atoms with E-state index >= 15 is 0 Å². The fourth-order valence-electron chi connectivity index (χ4n) is 1.77. The van der Waals surface area contributed by atoms with Gasteiger partial charge >= 0.3 is 0 Å². The maximum atomic E-state index is 11.6. The molecule has 0 aliphatic heterocycles. The molecule has 1 aromatic rings. The Balaban J connectivity index is 2.22. The Labute approximate surface area is 115 Å². The van der Waals surface area contributed by atoms with Crippen molar-refractivity contribution in [2.75, 3.05) is 6.54 Å². The average molecular weight is 264 g/mol. The molecule has 0 saturated carbocycles. The lowest BCUT2D eigenvalue weighted by molar-refractivity contribution is -0.121. The molecule has 0 atom stereocenters. The number of carbonyl (C=O) groups excluding carboxylic acids is 1. The second kappa shape index (κ2) is 8.67. The van der Waals surface area contributed by atoms with Crippen LogP contribution in [0, 0.1) is 0 Å². The molecule has 0 saturated heterocycles. The molecule has 0 aromatic heterocycles. The van der Waals surface area contributed by atoms with Crippen LogP contribution in [0.25, 0.3) is 0 Å². The third-order valence-electron chi connectivity index (χ3n) is 2.80. The lowest BCUT2D eigenvalue weighted by atomic mass is 10.1. The maximum Gasteiger partial charge on any atom is 0.220 e. The molecule has 1 rings (SSSR count). The fraction of sp³-hybridized carbons (Fsp3) is 0.533. The standard InChI is InChI=1S/C15H24N2O2/c1-12(2)16-8-4-7-15(19)17-10-13-5-3-6-14(9-13)11-18/h3,5-6,9,12,16,18H,4,7-8,10-11H2,1-2H3,(H,17,19). The molecule has 19 heavy (non-hydrogen) atoms. The van der Waals surface area contributed by atoms with Gasteiger partial charge in [-0.3, -0.25) is 4.79 Å². The Morgan fingerprint density at radius 3 is 2.74 bits per heavy atom. The number of aliphatic hydroxyl groups excluding tert-OH is 1. The highest BCUT2D eigenvalue weighted by Gasteiger charge is 2.02. The summed E-state index contributed by atoms with van der Waals surface area (Å²) in [7, 11) is 0. The minimum Gasteiger partial charge on any atom is -0.392 e. The monoisotopic (exact) mass is 264 g/mol. The molecular weight excluding hydrogens is 240 g/mol. The Bertz CT molecular complexity index is 391. The molecule has 0 fully saturated rings. The van der Waals surface area contributed by atoms with Crippen LogP contribution in [0.4, 0.5) is 0 Å². The number of aliphatic hydroxyl groups is 1. The first-order valence-corrected chi connectivity index (χ1v) is 6.80. The summed E-state index contributed by atoms with van der Waals surface area (Å²) in [5.41, 5.74) is 1.88. The average Bonchev–Trinajstić information content (AvgIpc) is 2.41. The molecule has 0 aliphatic rings. The maximum absolute atomic E-state index is 11.6. The highest BCUT2D eigenvalue weighted by Crippen LogP contribution is 2.05. The Morgan fingerprint density at radius 1 is 1.32 bits per heavy atom. The van der Waals surface area contributed by atoms with Crippen molar-refractivity contribution in [1.82, 2.24) is 10.6 Å². The summed E-state index contributed by atoms with van der Waals surface area (Å²) in [6.45, 7) is 5.60. The Morgan fingerprint density at radius 2 is 2.05 bits per heavy atom. The highest BCUT2D eigenvalue weighted by molar-refractivity contribution is 5.75. The van der Waals surface area contributed by atoms with Gasteiger partial charge in [-0.05, 0) is 24.1 Å². The summed E-state index contributed by atoms with van der Waals surface area (Å²) >= 11 is 0. The van der Waals surface area contributed by atoms with Crippen molar-refractivity contribution in [2.24, 2.45) is 0 Å². The molecule has 0 bridgehead atoms. The number of rotatable bonds is 8. The molecule has 4 heteroatoms. The van der Waals surface area contributed by atoms with Gasteiger partial charge in [-0.25, -0.2) is 0 Å². The van der Waals surface area contributed by atoms with Crippen LogP contribution >= 0.6 is 0 Å². The van der Waals surface area contributed by atoms with Gasteiger partial charge < -0.3 is 15.7 Å². The lowest BCUT2D eigenvalue weighted by Gasteiger charge is -2.08. The van der Waals surface area contributed by atoms with Crippen LogP contribution in [-0.2, 0) is 17.9 Å². The van der Waals surface area contributed by atoms with Crippen molar-refractivity contribution in [3.8, 4) is 0 Å². The predicted octanol–water partition coefficient (Wildman–Crippen LogP) is 1.57. The zero-order valence-corrected chi connectivity index (χ0v) is 11.8. The van der Waals surface area contributed by atoms with Gasteiger partial charge in [0.1, 0.15) is 0 Å². The van der Waals surface area contributed by atoms with E-state index in [1.165, 1.54) is 0 Å². The number of hydrogen-bond acceptors (Lipinski definition) is 3. The highest BCUT2D eigenvalue weighted by atomic mass is 16.3. The van der Waals surface area contributed by atoms with Gasteiger partial charge in [0.25, 0.3) is 0 Å². The number of benzene rings is 1. The van der Waals surface area contributed by atoms with Gasteiger partial charge in [0.05, 0.1) is 6.61 Å². The van der Waals surface area contributed by atoms with E-state index in [4.69, 9.17) is 5.11 Å². The fourth-order valence-corrected chi connectivity index (χ4v) is 1.77. The van der Waals surface area contributed by atoms with Crippen LogP contribution in [-0.4, -0.2) is 23.6 Å². The summed E-state index contributed by atoms with van der Waals surface area (Å²) in [4.78, 5) is 11.6. The van der Waals surface area contributed by atoms with Gasteiger partial charge in [0.15, 0.2) is 0 Å². The first kappa shape index (κ1) is 15.7. The largest absolute Gasteiger partial charge is 0.392 e. The molecule has 1 aromatic carbocycles. The van der Waals surface area contributed by atoms with E-state index in [0.717, 1.165) is 24.1 Å². The van der Waals surface area contributed by atoms with Crippen molar-refractivity contribution in [3.63, 3.8) is 0 Å². The van der Waals surface area contributed by atoms with Crippen LogP contribution in [0.1, 0.15) is 37.8 Å². The number of carbonyl (C=O) groups is 1. The summed E-state index contributed by atoms with van der Waals surface area (Å²) in [5, 5.41) is 15.2. The van der Waals surface area contributed by atoms with E-state index in [1.807, 2.05) is 24.3 Å². The second-order valence-corrected chi connectivity index (χ2v) is 4.97. The third-order valence-corrected chi connectivity index (χ3v) is 2.80. The van der Waals surface area contributed by atoms with Gasteiger partial charge in [0, 0.05) is 19.0 Å². The Hall–Kier alpha value is -1.39. The lowest BCUT2D eigenvalue weighted by Crippen LogP contribution is -2.27. The third kappa shape index (κ3) is 6.94. The van der Waals surface area contributed by atoms with Gasteiger partial charge in [-0.1, -0.05) is 38.1 Å². The molecular formula is C15H24N2O2. The number of hydrogen-bond donors (Lipinski definition) is 3. The summed E-state index contributed by atoms with van der Waals surface area (Å²) < 4.78 is 0. The summed E-state index contributed by atoms with van der Waals surface area (Å²) in [5.74, 6) is 0.0694. The smallest absolute Gasteiger partial charge is 0.220 e. The quantitative estimate of drug-likeness (QED) is 0.625. The molecule has 0 radical (unpaired) electrons. The van der Waals surface area contributed by atoms with Crippen LogP contribution in [0.5, 0.6) is 0 Å². The molecule has 3 N–H and O–H groups in total.